The van der Waals surface area contributed by atoms with Crippen molar-refractivity contribution in [1.29, 1.82) is 0 Å². The van der Waals surface area contributed by atoms with Gasteiger partial charge in [-0.15, -0.1) is 0 Å². The molecule has 0 bridgehead atoms. The molecule has 6 nitrogen and oxygen atoms in total. The molecule has 0 aromatic carbocycles. The molecule has 0 heterocycles. The van der Waals surface area contributed by atoms with Crippen molar-refractivity contribution in [1.82, 2.24) is 0 Å². The van der Waals surface area contributed by atoms with Crippen LogP contribution < -0.4 is 0 Å². The molecule has 57 heavy (non-hydrogen) atoms. The molecule has 1 unspecified atom stereocenters. The van der Waals surface area contributed by atoms with Gasteiger partial charge in [0, 0.05) is 19.3 Å². The van der Waals surface area contributed by atoms with Crippen molar-refractivity contribution in [3.05, 3.63) is 72.9 Å². The van der Waals surface area contributed by atoms with Crippen LogP contribution in [0, 0.1) is 0 Å². The first-order valence-corrected chi connectivity index (χ1v) is 23.5. The summed E-state index contributed by atoms with van der Waals surface area (Å²) < 4.78 is 16.7. The molecule has 0 aromatic heterocycles. The summed E-state index contributed by atoms with van der Waals surface area (Å²) in [5.41, 5.74) is 0. The summed E-state index contributed by atoms with van der Waals surface area (Å²) in [4.78, 5) is 37.8. The van der Waals surface area contributed by atoms with Crippen LogP contribution in [0.5, 0.6) is 0 Å². The zero-order valence-corrected chi connectivity index (χ0v) is 37.1. The highest BCUT2D eigenvalue weighted by atomic mass is 16.6. The number of carbonyl (C=O) groups excluding carboxylic acids is 3. The van der Waals surface area contributed by atoms with Crippen LogP contribution in [0.3, 0.4) is 0 Å². The average molecular weight is 795 g/mol. The number of allylic oxidation sites excluding steroid dienone is 12. The molecule has 0 amide bonds. The zero-order chi connectivity index (χ0) is 41.5. The molecule has 326 valence electrons. The maximum atomic E-state index is 12.7. The Morgan fingerprint density at radius 2 is 0.772 bits per heavy atom. The van der Waals surface area contributed by atoms with Crippen molar-refractivity contribution in [2.24, 2.45) is 0 Å². The molecule has 1 atom stereocenters. The minimum Gasteiger partial charge on any atom is -0.462 e. The van der Waals surface area contributed by atoms with Crippen LogP contribution in [0.2, 0.25) is 0 Å². The van der Waals surface area contributed by atoms with E-state index in [1.807, 2.05) is 18.2 Å². The number of carbonyl (C=O) groups is 3. The first kappa shape index (κ1) is 53.9. The predicted octanol–water partition coefficient (Wildman–Crippen LogP) is 15.1. The second kappa shape index (κ2) is 45.6. The van der Waals surface area contributed by atoms with E-state index < -0.39 is 6.10 Å². The van der Waals surface area contributed by atoms with Crippen LogP contribution in [-0.2, 0) is 28.6 Å². The summed E-state index contributed by atoms with van der Waals surface area (Å²) in [7, 11) is 0. The lowest BCUT2D eigenvalue weighted by Gasteiger charge is -2.18. The maximum Gasteiger partial charge on any atom is 0.306 e. The molecule has 0 saturated heterocycles. The van der Waals surface area contributed by atoms with Gasteiger partial charge in [0.15, 0.2) is 6.10 Å². The van der Waals surface area contributed by atoms with Crippen molar-refractivity contribution in [2.75, 3.05) is 13.2 Å². The molecule has 0 rings (SSSR count). The van der Waals surface area contributed by atoms with E-state index in [1.54, 1.807) is 0 Å². The fourth-order valence-corrected chi connectivity index (χ4v) is 6.31. The lowest BCUT2D eigenvalue weighted by atomic mass is 10.1. The van der Waals surface area contributed by atoms with Gasteiger partial charge in [0.25, 0.3) is 0 Å². The molecule has 0 fully saturated rings. The molecule has 0 aliphatic rings. The summed E-state index contributed by atoms with van der Waals surface area (Å²) in [5.74, 6) is -0.923. The van der Waals surface area contributed by atoms with E-state index in [0.29, 0.717) is 19.3 Å². The maximum absolute atomic E-state index is 12.7. The largest absolute Gasteiger partial charge is 0.462 e. The summed E-state index contributed by atoms with van der Waals surface area (Å²) >= 11 is 0. The molecule has 0 aliphatic heterocycles. The zero-order valence-electron chi connectivity index (χ0n) is 37.1. The van der Waals surface area contributed by atoms with E-state index in [0.717, 1.165) is 103 Å². The smallest absolute Gasteiger partial charge is 0.306 e. The van der Waals surface area contributed by atoms with Crippen molar-refractivity contribution in [2.45, 2.75) is 219 Å². The van der Waals surface area contributed by atoms with Gasteiger partial charge in [-0.25, -0.2) is 0 Å². The normalized spacial score (nSPS) is 12.7. The highest BCUT2D eigenvalue weighted by Crippen LogP contribution is 2.14. The lowest BCUT2D eigenvalue weighted by molar-refractivity contribution is -0.167. The highest BCUT2D eigenvalue weighted by Gasteiger charge is 2.19. The third kappa shape index (κ3) is 43.8. The quantitative estimate of drug-likeness (QED) is 0.0202. The Morgan fingerprint density at radius 1 is 0.386 bits per heavy atom. The first-order chi connectivity index (χ1) is 28.0. The van der Waals surface area contributed by atoms with Gasteiger partial charge < -0.3 is 14.2 Å². The van der Waals surface area contributed by atoms with E-state index >= 15 is 0 Å². The monoisotopic (exact) mass is 795 g/mol. The average Bonchev–Trinajstić information content (AvgIpc) is 3.21. The molecular formula is C51H86O6. The Hall–Kier alpha value is -3.15. The van der Waals surface area contributed by atoms with Crippen molar-refractivity contribution >= 4 is 17.9 Å². The van der Waals surface area contributed by atoms with Crippen LogP contribution >= 0.6 is 0 Å². The molecule has 0 radical (unpaired) electrons. The van der Waals surface area contributed by atoms with Gasteiger partial charge in [0.05, 0.1) is 0 Å². The van der Waals surface area contributed by atoms with E-state index in [9.17, 15) is 14.4 Å². The second-order valence-corrected chi connectivity index (χ2v) is 15.4. The fourth-order valence-electron chi connectivity index (χ4n) is 6.31. The van der Waals surface area contributed by atoms with Gasteiger partial charge in [0.1, 0.15) is 13.2 Å². The van der Waals surface area contributed by atoms with Crippen molar-refractivity contribution in [3.63, 3.8) is 0 Å². The van der Waals surface area contributed by atoms with E-state index in [-0.39, 0.29) is 31.1 Å². The molecule has 0 N–H and O–H groups in total. The van der Waals surface area contributed by atoms with Gasteiger partial charge in [-0.2, -0.15) is 0 Å². The van der Waals surface area contributed by atoms with Gasteiger partial charge in [-0.3, -0.25) is 14.4 Å². The number of esters is 3. The summed E-state index contributed by atoms with van der Waals surface area (Å²) in [5, 5.41) is 0. The Kier molecular flexibility index (Phi) is 43.0. The summed E-state index contributed by atoms with van der Waals surface area (Å²) in [6, 6.07) is 0. The standard InChI is InChI=1S/C51H86O6/c1-4-7-10-13-16-19-22-24-26-28-29-32-35-38-41-44-50(53)56-47-48(46-55-49(52)43-40-37-34-31-21-18-15-12-9-6-3)57-51(54)45-42-39-36-33-30-27-25-23-20-17-14-11-8-5-2/h7-8,10-11,13,16-17,19-20,22,24,26,48H,4-6,9,12,14-15,18,21,23,25,27-47H2,1-3H3/b10-7-,11-8-,16-13-,20-17-,22-19-,26-24-. The lowest BCUT2D eigenvalue weighted by Crippen LogP contribution is -2.30. The molecule has 0 spiro atoms. The Balaban J connectivity index is 4.42. The predicted molar refractivity (Wildman–Crippen MR) is 242 cm³/mol. The molecule has 0 aliphatic carbocycles. The second-order valence-electron chi connectivity index (χ2n) is 15.4. The van der Waals surface area contributed by atoms with Crippen LogP contribution in [0.15, 0.2) is 72.9 Å². The van der Waals surface area contributed by atoms with E-state index in [1.165, 1.54) is 70.6 Å². The molecular weight excluding hydrogens is 709 g/mol. The topological polar surface area (TPSA) is 78.9 Å². The Labute approximate surface area is 351 Å². The third-order valence-electron chi connectivity index (χ3n) is 9.80. The molecule has 0 aromatic rings. The number of ether oxygens (including phenoxy) is 3. The fraction of sp³-hybridized carbons (Fsp3) is 0.706. The van der Waals surface area contributed by atoms with Crippen molar-refractivity contribution in [3.8, 4) is 0 Å². The Bertz CT molecular complexity index is 1100. The SMILES string of the molecule is CC\C=C/C=C\C=C/C=C\CCCCCCCC(=O)OCC(COC(=O)CCCCCCCCCCCC)OC(=O)CCCCCCCCC/C=C\C/C=C\CC. The van der Waals surface area contributed by atoms with Crippen LogP contribution in [0.25, 0.3) is 0 Å². The van der Waals surface area contributed by atoms with E-state index in [4.69, 9.17) is 14.2 Å². The highest BCUT2D eigenvalue weighted by molar-refractivity contribution is 5.71. The van der Waals surface area contributed by atoms with Crippen LogP contribution in [-0.4, -0.2) is 37.2 Å². The summed E-state index contributed by atoms with van der Waals surface area (Å²) in [6.07, 6.45) is 55.9. The van der Waals surface area contributed by atoms with E-state index in [2.05, 4.69) is 75.5 Å². The minimum absolute atomic E-state index is 0.0858. The Morgan fingerprint density at radius 3 is 1.26 bits per heavy atom. The number of hydrogen-bond donors (Lipinski definition) is 0. The molecule has 6 heteroatoms. The third-order valence-corrected chi connectivity index (χ3v) is 9.80. The van der Waals surface area contributed by atoms with Crippen LogP contribution in [0.1, 0.15) is 213 Å². The summed E-state index contributed by atoms with van der Waals surface area (Å²) in [6.45, 7) is 6.34. The van der Waals surface area contributed by atoms with Crippen LogP contribution in [0.4, 0.5) is 0 Å². The van der Waals surface area contributed by atoms with Gasteiger partial charge >= 0.3 is 17.9 Å². The number of unbranched alkanes of at least 4 members (excludes halogenated alkanes) is 21. The molecule has 0 saturated carbocycles. The van der Waals surface area contributed by atoms with Crippen molar-refractivity contribution < 1.29 is 28.6 Å². The van der Waals surface area contributed by atoms with Gasteiger partial charge in [0.2, 0.25) is 0 Å². The number of hydrogen-bond acceptors (Lipinski definition) is 6. The van der Waals surface area contributed by atoms with Gasteiger partial charge in [-0.1, -0.05) is 203 Å². The van der Waals surface area contributed by atoms with Gasteiger partial charge in [-0.05, 0) is 64.2 Å². The first-order valence-electron chi connectivity index (χ1n) is 23.5. The minimum atomic E-state index is -0.786. The number of rotatable bonds is 41.